The lowest BCUT2D eigenvalue weighted by atomic mass is 9.77. The van der Waals surface area contributed by atoms with E-state index in [1.807, 2.05) is 17.4 Å². The Kier molecular flexibility index (Phi) is 9.66. The second kappa shape index (κ2) is 17.1. The van der Waals surface area contributed by atoms with Crippen molar-refractivity contribution in [1.82, 2.24) is 0 Å². The Balaban J connectivity index is 0.945. The topological polar surface area (TPSA) is 23.8 Å². The average molecular weight is 959 g/mol. The number of nitrogens with zero attached hydrogens (tertiary/aromatic N) is 1. The maximum absolute atomic E-state index is 10.5. The van der Waals surface area contributed by atoms with E-state index in [4.69, 9.17) is 0 Å². The van der Waals surface area contributed by atoms with Crippen LogP contribution in [0.15, 0.2) is 231 Å². The normalized spacial score (nSPS) is 13.7. The van der Waals surface area contributed by atoms with Crippen LogP contribution in [0.5, 0.6) is 0 Å². The number of rotatable bonds is 4. The van der Waals surface area contributed by atoms with Crippen LogP contribution in [0.1, 0.15) is 44.1 Å². The van der Waals surface area contributed by atoms with Gasteiger partial charge in [-0.3, -0.25) is 0 Å². The van der Waals surface area contributed by atoms with Crippen LogP contribution in [0.2, 0.25) is 0 Å². The van der Waals surface area contributed by atoms with Gasteiger partial charge in [0.2, 0.25) is 0 Å². The summed E-state index contributed by atoms with van der Waals surface area (Å²) in [5.41, 5.74) is 27.3. The molecule has 0 bridgehead atoms. The van der Waals surface area contributed by atoms with Gasteiger partial charge in [0, 0.05) is 21.5 Å². The Morgan fingerprint density at radius 3 is 1.19 bits per heavy atom. The molecule has 0 unspecified atom stereocenters. The van der Waals surface area contributed by atoms with Gasteiger partial charge in [-0.15, -0.1) is 11.3 Å². The first-order chi connectivity index (χ1) is 37.0. The molecule has 0 saturated heterocycles. The first-order valence-corrected chi connectivity index (χ1v) is 26.7. The van der Waals surface area contributed by atoms with Crippen molar-refractivity contribution < 1.29 is 1.37 Å². The molecule has 0 amide bonds. The summed E-state index contributed by atoms with van der Waals surface area (Å²) >= 11 is 1.86. The van der Waals surface area contributed by atoms with E-state index in [0.717, 1.165) is 92.4 Å². The molecule has 74 heavy (non-hydrogen) atoms. The minimum Gasteiger partial charge on any atom is -0.192 e. The maximum atomic E-state index is 10.5. The standard InChI is InChI=1S/C72H47NS/c73-43-44-31-35-63-66(39-44)58-23-9-10-24-59(58)68-42-48(51-28-14-29-65-64-25-11-12-30-70(64)74-72(51)65)34-38-61(68)62-37-33-47(41-69(62)63)50-27-13-26-49(71(50)45-15-1-2-16-45)46-32-36-60-56-21-6-5-19-54(56)52-17-3-4-18-53(52)55-20-7-8-22-57(55)67(60)40-46/h3-14,17-42,45H,1-2,15-16H2/i45D. The maximum Gasteiger partial charge on any atom is 0.0991 e. The van der Waals surface area contributed by atoms with Gasteiger partial charge < -0.3 is 0 Å². The molecule has 11 aromatic carbocycles. The molecule has 1 aromatic heterocycles. The minimum atomic E-state index is -0.775. The van der Waals surface area contributed by atoms with Crippen LogP contribution in [0.3, 0.4) is 0 Å². The van der Waals surface area contributed by atoms with Crippen molar-refractivity contribution >= 4 is 31.5 Å². The molecule has 12 aromatic rings. The van der Waals surface area contributed by atoms with Gasteiger partial charge in [-0.2, -0.15) is 5.26 Å². The van der Waals surface area contributed by atoms with Crippen molar-refractivity contribution in [3.05, 3.63) is 242 Å². The minimum absolute atomic E-state index is 0.631. The smallest absolute Gasteiger partial charge is 0.0991 e. The van der Waals surface area contributed by atoms with Crippen molar-refractivity contribution in [2.45, 2.75) is 31.6 Å². The Morgan fingerprint density at radius 1 is 0.338 bits per heavy atom. The predicted molar refractivity (Wildman–Crippen MR) is 312 cm³/mol. The van der Waals surface area contributed by atoms with Crippen LogP contribution < -0.4 is 0 Å². The zero-order valence-corrected chi connectivity index (χ0v) is 41.4. The Bertz CT molecular complexity index is 4400. The molecule has 2 heteroatoms. The SMILES string of the molecule is [2H]C1(c2c(-c3ccc4c(c3)-c3ccccc3-c3ccccc3-c3ccccc3-4)cccc2-c2ccc3c(c2)-c2ccc(C#N)cc2-c2ccccc2-c2cc(-c4cccc5c4sc4ccccc45)ccc2-3)CCCC1. The molecule has 1 fully saturated rings. The molecule has 1 saturated carbocycles. The number of fused-ring (bicyclic) bond motifs is 19. The highest BCUT2D eigenvalue weighted by Crippen LogP contribution is 2.54. The van der Waals surface area contributed by atoms with Crippen LogP contribution in [0.4, 0.5) is 0 Å². The molecule has 0 N–H and O–H groups in total. The first-order valence-electron chi connectivity index (χ1n) is 26.4. The highest BCUT2D eigenvalue weighted by Gasteiger charge is 2.29. The van der Waals surface area contributed by atoms with E-state index < -0.39 is 5.89 Å². The number of benzene rings is 11. The summed E-state index contributed by atoms with van der Waals surface area (Å²) < 4.78 is 13.1. The third-order valence-electron chi connectivity index (χ3n) is 16.2. The van der Waals surface area contributed by atoms with E-state index in [0.29, 0.717) is 5.56 Å². The fourth-order valence-electron chi connectivity index (χ4n) is 12.8. The van der Waals surface area contributed by atoms with Crippen LogP contribution >= 0.6 is 11.3 Å². The zero-order valence-electron chi connectivity index (χ0n) is 41.6. The molecule has 0 spiro atoms. The molecule has 0 aliphatic heterocycles. The number of nitriles is 1. The third-order valence-corrected chi connectivity index (χ3v) is 17.4. The van der Waals surface area contributed by atoms with Gasteiger partial charge in [-0.1, -0.05) is 207 Å². The van der Waals surface area contributed by atoms with Crippen molar-refractivity contribution in [2.75, 3.05) is 0 Å². The lowest BCUT2D eigenvalue weighted by molar-refractivity contribution is 0.727. The lowest BCUT2D eigenvalue weighted by Gasteiger charge is -2.26. The van der Waals surface area contributed by atoms with Gasteiger partial charge in [0.05, 0.1) is 11.6 Å². The van der Waals surface area contributed by atoms with Crippen molar-refractivity contribution in [3.8, 4) is 128 Å². The largest absolute Gasteiger partial charge is 0.192 e. The number of hydrogen-bond acceptors (Lipinski definition) is 2. The van der Waals surface area contributed by atoms with E-state index in [2.05, 4.69) is 231 Å². The van der Waals surface area contributed by atoms with Crippen molar-refractivity contribution in [3.63, 3.8) is 0 Å². The quantitative estimate of drug-likeness (QED) is 0.172. The van der Waals surface area contributed by atoms with Gasteiger partial charge in [0.25, 0.3) is 0 Å². The summed E-state index contributed by atoms with van der Waals surface area (Å²) in [4.78, 5) is 0. The molecule has 15 rings (SSSR count). The van der Waals surface area contributed by atoms with Crippen LogP contribution in [-0.2, 0) is 0 Å². The van der Waals surface area contributed by atoms with Gasteiger partial charge in [0.1, 0.15) is 0 Å². The summed E-state index contributed by atoms with van der Waals surface area (Å²) in [6.45, 7) is 0. The summed E-state index contributed by atoms with van der Waals surface area (Å²) in [5.74, 6) is -0.775. The zero-order chi connectivity index (χ0) is 49.8. The van der Waals surface area contributed by atoms with Crippen molar-refractivity contribution in [2.24, 2.45) is 0 Å². The lowest BCUT2D eigenvalue weighted by Crippen LogP contribution is -2.02. The summed E-state index contributed by atoms with van der Waals surface area (Å²) in [5, 5.41) is 13.0. The van der Waals surface area contributed by atoms with E-state index in [1.54, 1.807) is 0 Å². The first kappa shape index (κ1) is 41.7. The van der Waals surface area contributed by atoms with Crippen molar-refractivity contribution in [1.29, 1.82) is 5.26 Å². The van der Waals surface area contributed by atoms with E-state index >= 15 is 0 Å². The second-order valence-corrected chi connectivity index (χ2v) is 21.2. The fourth-order valence-corrected chi connectivity index (χ4v) is 14.1. The van der Waals surface area contributed by atoms with E-state index in [9.17, 15) is 6.63 Å². The van der Waals surface area contributed by atoms with Gasteiger partial charge in [-0.05, 0) is 183 Å². The molecular weight excluding hydrogens is 911 g/mol. The van der Waals surface area contributed by atoms with Crippen LogP contribution in [0, 0.1) is 11.3 Å². The average Bonchev–Trinajstić information content (AvgIpc) is 4.10. The Hall–Kier alpha value is -8.87. The number of hydrogen-bond donors (Lipinski definition) is 0. The molecule has 0 radical (unpaired) electrons. The van der Waals surface area contributed by atoms with Crippen LogP contribution in [-0.4, -0.2) is 0 Å². The molecule has 3 aliphatic rings. The van der Waals surface area contributed by atoms with Crippen LogP contribution in [0.25, 0.3) is 143 Å². The molecule has 0 atom stereocenters. The monoisotopic (exact) mass is 958 g/mol. The summed E-state index contributed by atoms with van der Waals surface area (Å²) in [7, 11) is 0. The fraction of sp³-hybridized carbons (Fsp3) is 0.0694. The highest BCUT2D eigenvalue weighted by molar-refractivity contribution is 7.26. The van der Waals surface area contributed by atoms with Gasteiger partial charge >= 0.3 is 0 Å². The third kappa shape index (κ3) is 6.67. The highest BCUT2D eigenvalue weighted by atomic mass is 32.1. The van der Waals surface area contributed by atoms with Gasteiger partial charge in [-0.25, -0.2) is 0 Å². The number of thiophene rings is 1. The molecule has 3 aliphatic carbocycles. The molecule has 346 valence electrons. The molecule has 1 heterocycles. The summed E-state index contributed by atoms with van der Waals surface area (Å²) in [6.07, 6.45) is 3.67. The summed E-state index contributed by atoms with van der Waals surface area (Å²) in [6, 6.07) is 87.2. The van der Waals surface area contributed by atoms with E-state index in [1.165, 1.54) is 81.4 Å². The molecular formula is C72H47NS. The predicted octanol–water partition coefficient (Wildman–Crippen LogP) is 20.5. The Labute approximate surface area is 437 Å². The second-order valence-electron chi connectivity index (χ2n) is 20.2. The molecule has 1 nitrogen and oxygen atoms in total. The van der Waals surface area contributed by atoms with E-state index in [-0.39, 0.29) is 0 Å². The Morgan fingerprint density at radius 2 is 0.689 bits per heavy atom. The van der Waals surface area contributed by atoms with Gasteiger partial charge in [0.15, 0.2) is 0 Å².